The van der Waals surface area contributed by atoms with Crippen molar-refractivity contribution in [1.82, 2.24) is 4.98 Å². The lowest BCUT2D eigenvalue weighted by Gasteiger charge is -2.28. The Labute approximate surface area is 298 Å². The minimum Gasteiger partial charge on any atom is -0.435 e. The molecule has 4 heteroatoms. The summed E-state index contributed by atoms with van der Waals surface area (Å²) >= 11 is 0.811. The van der Waals surface area contributed by atoms with Crippen LogP contribution in [-0.2, 0) is 0 Å². The second-order valence-corrected chi connectivity index (χ2v) is 11.7. The van der Waals surface area contributed by atoms with Gasteiger partial charge in [0.25, 0.3) is 0 Å². The van der Waals surface area contributed by atoms with E-state index in [2.05, 4.69) is 0 Å². The highest BCUT2D eigenvalue weighted by Gasteiger charge is 2.30. The van der Waals surface area contributed by atoms with Gasteiger partial charge in [-0.05, 0) is 65.6 Å². The second kappa shape index (κ2) is 10.3. The molecular weight excluding hydrogens is 593 g/mol. The molecular formula is C43H26N2OS. The quantitative estimate of drug-likeness (QED) is 0.189. The summed E-state index contributed by atoms with van der Waals surface area (Å²) in [7, 11) is 0. The van der Waals surface area contributed by atoms with Crippen LogP contribution in [0.1, 0.15) is 21.9 Å². The van der Waals surface area contributed by atoms with E-state index in [0.29, 0.717) is 39.2 Å². The van der Waals surface area contributed by atoms with Gasteiger partial charge in [0.05, 0.1) is 27.6 Å². The van der Waals surface area contributed by atoms with Crippen LogP contribution >= 0.6 is 11.3 Å². The fourth-order valence-corrected chi connectivity index (χ4v) is 7.02. The van der Waals surface area contributed by atoms with E-state index in [4.69, 9.17) is 24.5 Å². The Balaban J connectivity index is 1.34. The SMILES string of the molecule is [2H]c1c([2H])c([2H])c(-c2c([2H])c([2H])c([2H])c(N(c3c([2H])c([2H])c4c(sc5c([2H])c([2H])c([2H])c([2H])c54)c3[2H])c3ccc4c5c(cccc35)-c3oc(-c5ccccc5)nc3-4)c2[2H])c([2H])c1[2H]. The monoisotopic (exact) mass is 634 g/mol. The molecule has 9 aromatic rings. The summed E-state index contributed by atoms with van der Waals surface area (Å²) in [4.78, 5) is 6.01. The molecule has 0 aliphatic heterocycles. The average molecular weight is 635 g/mol. The molecule has 7 aromatic carbocycles. The third-order valence-corrected chi connectivity index (χ3v) is 9.11. The van der Waals surface area contributed by atoms with E-state index >= 15 is 0 Å². The predicted octanol–water partition coefficient (Wildman–Crippen LogP) is 12.6. The van der Waals surface area contributed by atoms with Crippen molar-refractivity contribution in [2.24, 2.45) is 0 Å². The topological polar surface area (TPSA) is 29.3 Å². The predicted molar refractivity (Wildman–Crippen MR) is 197 cm³/mol. The number of thiophene rings is 1. The molecule has 3 nitrogen and oxygen atoms in total. The molecule has 1 aliphatic carbocycles. The molecule has 0 saturated carbocycles. The number of hydrogen-bond donors (Lipinski definition) is 0. The van der Waals surface area contributed by atoms with E-state index in [1.165, 1.54) is 4.90 Å². The lowest BCUT2D eigenvalue weighted by atomic mass is 10.00. The van der Waals surface area contributed by atoms with Crippen molar-refractivity contribution in [2.45, 2.75) is 0 Å². The Morgan fingerprint density at radius 3 is 2.30 bits per heavy atom. The van der Waals surface area contributed by atoms with E-state index < -0.39 is 113 Å². The van der Waals surface area contributed by atoms with Crippen LogP contribution < -0.4 is 4.90 Å². The summed E-state index contributed by atoms with van der Waals surface area (Å²) in [6.07, 6.45) is 0. The van der Waals surface area contributed by atoms with Crippen molar-refractivity contribution in [1.29, 1.82) is 0 Å². The zero-order valence-electron chi connectivity index (χ0n) is 40.0. The minimum absolute atomic E-state index is 0.00661. The molecule has 0 saturated heterocycles. The minimum atomic E-state index is -0.800. The Morgan fingerprint density at radius 2 is 1.38 bits per heavy atom. The number of anilines is 3. The van der Waals surface area contributed by atoms with E-state index in [9.17, 15) is 6.85 Å². The summed E-state index contributed by atoms with van der Waals surface area (Å²) in [5.74, 6) is 0.836. The first-order valence-electron chi connectivity index (χ1n) is 22.5. The fraction of sp³-hybridized carbons (Fsp3) is 0. The van der Waals surface area contributed by atoms with Crippen molar-refractivity contribution in [3.63, 3.8) is 0 Å². The van der Waals surface area contributed by atoms with E-state index in [-0.39, 0.29) is 31.5 Å². The molecule has 0 N–H and O–H groups in total. The van der Waals surface area contributed by atoms with E-state index in [0.717, 1.165) is 16.9 Å². The molecule has 0 fully saturated rings. The molecule has 47 heavy (non-hydrogen) atoms. The smallest absolute Gasteiger partial charge is 0.227 e. The van der Waals surface area contributed by atoms with Crippen LogP contribution in [-0.4, -0.2) is 4.98 Å². The van der Waals surface area contributed by atoms with Gasteiger partial charge in [0.15, 0.2) is 5.76 Å². The van der Waals surface area contributed by atoms with Gasteiger partial charge in [-0.2, -0.15) is 0 Å². The van der Waals surface area contributed by atoms with Crippen molar-refractivity contribution < 1.29 is 26.3 Å². The number of nitrogens with zero attached hydrogens (tertiary/aromatic N) is 2. The summed E-state index contributed by atoms with van der Waals surface area (Å²) in [5.41, 5.74) is 0.616. The van der Waals surface area contributed by atoms with Gasteiger partial charge in [0.2, 0.25) is 5.89 Å². The summed E-state index contributed by atoms with van der Waals surface area (Å²) < 4.78 is 149. The van der Waals surface area contributed by atoms with Crippen LogP contribution in [0.3, 0.4) is 0 Å². The van der Waals surface area contributed by atoms with E-state index in [1.54, 1.807) is 24.3 Å². The van der Waals surface area contributed by atoms with Gasteiger partial charge in [-0.3, -0.25) is 0 Å². The number of fused-ring (bicyclic) bond motifs is 6. The first-order chi connectivity index (χ1) is 30.0. The number of benzene rings is 7. The van der Waals surface area contributed by atoms with Crippen LogP contribution in [0.25, 0.3) is 76.1 Å². The zero-order chi connectivity index (χ0) is 44.8. The molecule has 0 bridgehead atoms. The Bertz CT molecular complexity index is 3490. The van der Waals surface area contributed by atoms with Gasteiger partial charge in [-0.15, -0.1) is 11.3 Å². The molecule has 0 atom stereocenters. The highest BCUT2D eigenvalue weighted by atomic mass is 32.1. The van der Waals surface area contributed by atoms with Crippen LogP contribution in [0, 0.1) is 0 Å². The Morgan fingerprint density at radius 1 is 0.574 bits per heavy atom. The highest BCUT2D eigenvalue weighted by Crippen LogP contribution is 2.52. The number of aromatic nitrogens is 1. The molecule has 2 aromatic heterocycles. The Hall–Kier alpha value is -5.97. The van der Waals surface area contributed by atoms with Gasteiger partial charge in [0.1, 0.15) is 5.69 Å². The summed E-state index contributed by atoms with van der Waals surface area (Å²) in [6.45, 7) is 0. The normalized spacial score (nSPS) is 16.6. The van der Waals surface area contributed by atoms with Gasteiger partial charge in [-0.25, -0.2) is 4.98 Å². The highest BCUT2D eigenvalue weighted by molar-refractivity contribution is 7.25. The van der Waals surface area contributed by atoms with Crippen LogP contribution in [0.2, 0.25) is 0 Å². The van der Waals surface area contributed by atoms with Crippen molar-refractivity contribution in [2.75, 3.05) is 4.90 Å². The van der Waals surface area contributed by atoms with Gasteiger partial charge < -0.3 is 9.32 Å². The molecule has 1 aliphatic rings. The first kappa shape index (κ1) is 15.1. The number of hydrogen-bond acceptors (Lipinski definition) is 4. The third kappa shape index (κ3) is 4.09. The largest absolute Gasteiger partial charge is 0.435 e. The summed E-state index contributed by atoms with van der Waals surface area (Å²) in [6, 6.07) is 7.43. The lowest BCUT2D eigenvalue weighted by molar-refractivity contribution is 0.590. The van der Waals surface area contributed by atoms with Gasteiger partial charge in [0, 0.05) is 59.0 Å². The summed E-state index contributed by atoms with van der Waals surface area (Å²) in [5, 5.41) is 0.894. The zero-order valence-corrected chi connectivity index (χ0v) is 24.8. The molecule has 2 heterocycles. The molecule has 10 rings (SSSR count). The van der Waals surface area contributed by atoms with Crippen LogP contribution in [0.4, 0.5) is 17.1 Å². The standard InChI is InChI=1S/C43H26N2OS/c1-3-11-27(12-4-1)29-15-9-16-30(25-29)45(31-21-22-33-32-17-7-8-20-38(32)47-39(33)26-31)37-24-23-35-40-34(37)18-10-19-36(40)42-41(35)44-43(46-42)28-13-5-2-6-14-28/h1-26H/i1D,3D,4D,7D,8D,9D,11D,12D,15D,16D,17D,20D,21D,22D,25D,26D. The maximum atomic E-state index is 9.77. The van der Waals surface area contributed by atoms with Crippen molar-refractivity contribution in [3.05, 3.63) is 157 Å². The maximum absolute atomic E-state index is 9.77. The fourth-order valence-electron chi connectivity index (χ4n) is 6.06. The first-order valence-corrected chi connectivity index (χ1v) is 15.3. The number of oxazole rings is 1. The third-order valence-electron chi connectivity index (χ3n) is 8.09. The molecule has 0 amide bonds. The molecule has 220 valence electrons. The second-order valence-electron chi connectivity index (χ2n) is 10.7. The lowest BCUT2D eigenvalue weighted by Crippen LogP contribution is -2.10. The number of rotatable bonds is 5. The average Bonchev–Trinajstić information content (AvgIpc) is 3.99. The van der Waals surface area contributed by atoms with Crippen LogP contribution in [0.5, 0.6) is 0 Å². The molecule has 0 radical (unpaired) electrons. The maximum Gasteiger partial charge on any atom is 0.227 e. The van der Waals surface area contributed by atoms with Gasteiger partial charge >= 0.3 is 0 Å². The molecule has 0 unspecified atom stereocenters. The molecule has 0 spiro atoms. The van der Waals surface area contributed by atoms with Crippen molar-refractivity contribution in [3.8, 4) is 45.2 Å². The Kier molecular flexibility index (Phi) is 3.30. The van der Waals surface area contributed by atoms with Gasteiger partial charge in [-0.1, -0.05) is 103 Å². The van der Waals surface area contributed by atoms with E-state index in [1.807, 2.05) is 36.4 Å². The van der Waals surface area contributed by atoms with Crippen molar-refractivity contribution >= 4 is 59.3 Å². The van der Waals surface area contributed by atoms with Crippen LogP contribution in [0.15, 0.2) is 162 Å².